The summed E-state index contributed by atoms with van der Waals surface area (Å²) < 4.78 is 1.05. The van der Waals surface area contributed by atoms with E-state index < -0.39 is 5.97 Å². The van der Waals surface area contributed by atoms with Crippen molar-refractivity contribution in [1.82, 2.24) is 9.97 Å². The van der Waals surface area contributed by atoms with Gasteiger partial charge in [-0.25, -0.2) is 9.97 Å². The van der Waals surface area contributed by atoms with E-state index in [1.807, 2.05) is 6.92 Å². The number of aryl methyl sites for hydroxylation is 1. The molecule has 2 N–H and O–H groups in total. The number of carboxylic acid groups (broad SMARTS) is 1. The van der Waals surface area contributed by atoms with Crippen molar-refractivity contribution in [2.24, 2.45) is 5.41 Å². The Balaban J connectivity index is 1.78. The van der Waals surface area contributed by atoms with E-state index in [2.05, 4.69) is 20.7 Å². The third-order valence-electron chi connectivity index (χ3n) is 4.10. The Labute approximate surface area is 121 Å². The van der Waals surface area contributed by atoms with Crippen LogP contribution in [-0.4, -0.2) is 27.6 Å². The maximum Gasteiger partial charge on any atom is 0.303 e. The monoisotopic (exact) mass is 291 g/mol. The first kappa shape index (κ1) is 13.3. The average Bonchev–Trinajstić information content (AvgIpc) is 2.75. The van der Waals surface area contributed by atoms with Crippen LogP contribution >= 0.6 is 11.3 Å². The van der Waals surface area contributed by atoms with Crippen molar-refractivity contribution >= 4 is 33.3 Å². The highest BCUT2D eigenvalue weighted by molar-refractivity contribution is 7.18. The Morgan fingerprint density at radius 2 is 2.30 bits per heavy atom. The van der Waals surface area contributed by atoms with Crippen LogP contribution in [0.3, 0.4) is 0 Å². The second-order valence-electron chi connectivity index (χ2n) is 5.60. The van der Waals surface area contributed by atoms with Gasteiger partial charge in [0.15, 0.2) is 0 Å². The molecule has 106 valence electrons. The summed E-state index contributed by atoms with van der Waals surface area (Å²) >= 11 is 1.63. The van der Waals surface area contributed by atoms with Crippen LogP contribution in [0, 0.1) is 12.3 Å². The molecule has 2 heterocycles. The lowest BCUT2D eigenvalue weighted by Crippen LogP contribution is -2.38. The molecule has 0 unspecified atom stereocenters. The second-order valence-corrected chi connectivity index (χ2v) is 6.48. The average molecular weight is 291 g/mol. The van der Waals surface area contributed by atoms with Gasteiger partial charge in [0.1, 0.15) is 12.1 Å². The van der Waals surface area contributed by atoms with Crippen LogP contribution in [0.1, 0.15) is 31.2 Å². The molecule has 1 aliphatic carbocycles. The lowest BCUT2D eigenvalue weighted by Gasteiger charge is -2.41. The highest BCUT2D eigenvalue weighted by Gasteiger charge is 2.38. The van der Waals surface area contributed by atoms with E-state index in [0.717, 1.165) is 40.9 Å². The number of nitrogens with zero attached hydrogens (tertiary/aromatic N) is 2. The molecule has 6 heteroatoms. The zero-order valence-electron chi connectivity index (χ0n) is 11.3. The van der Waals surface area contributed by atoms with Crippen LogP contribution in [0.5, 0.6) is 0 Å². The van der Waals surface area contributed by atoms with E-state index in [9.17, 15) is 4.79 Å². The van der Waals surface area contributed by atoms with Gasteiger partial charge in [-0.2, -0.15) is 0 Å². The van der Waals surface area contributed by atoms with E-state index >= 15 is 0 Å². The van der Waals surface area contributed by atoms with Crippen molar-refractivity contribution in [2.75, 3.05) is 11.9 Å². The van der Waals surface area contributed by atoms with Gasteiger partial charge in [-0.05, 0) is 36.1 Å². The summed E-state index contributed by atoms with van der Waals surface area (Å²) in [4.78, 5) is 19.6. The molecule has 0 saturated heterocycles. The van der Waals surface area contributed by atoms with Gasteiger partial charge in [0.25, 0.3) is 0 Å². The molecule has 1 saturated carbocycles. The van der Waals surface area contributed by atoms with Gasteiger partial charge in [-0.3, -0.25) is 4.79 Å². The first-order chi connectivity index (χ1) is 9.60. The van der Waals surface area contributed by atoms with Crippen molar-refractivity contribution in [3.05, 3.63) is 17.3 Å². The molecule has 0 bridgehead atoms. The molecule has 0 amide bonds. The lowest BCUT2D eigenvalue weighted by molar-refractivity contribution is -0.141. The number of nitrogens with one attached hydrogen (secondary N) is 1. The lowest BCUT2D eigenvalue weighted by atomic mass is 9.66. The normalized spacial score (nSPS) is 16.9. The number of aromatic nitrogens is 2. The minimum atomic E-state index is -0.716. The van der Waals surface area contributed by atoms with Crippen LogP contribution in [0.15, 0.2) is 11.7 Å². The molecule has 20 heavy (non-hydrogen) atoms. The van der Waals surface area contributed by atoms with E-state index in [1.165, 1.54) is 0 Å². The van der Waals surface area contributed by atoms with Crippen LogP contribution in [0.25, 0.3) is 10.2 Å². The molecule has 0 aromatic carbocycles. The van der Waals surface area contributed by atoms with Crippen molar-refractivity contribution in [3.63, 3.8) is 0 Å². The number of thiophene rings is 1. The number of carboxylic acids is 1. The highest BCUT2D eigenvalue weighted by Crippen LogP contribution is 2.44. The maximum atomic E-state index is 11.0. The molecule has 1 fully saturated rings. The Bertz CT molecular complexity index is 649. The van der Waals surface area contributed by atoms with Gasteiger partial charge in [-0.15, -0.1) is 11.3 Å². The SMILES string of the molecule is Cc1csc2c(NCC3(CC(=O)O)CCC3)ncnc12. The summed E-state index contributed by atoms with van der Waals surface area (Å²) in [5, 5.41) is 14.5. The molecule has 0 aliphatic heterocycles. The summed E-state index contributed by atoms with van der Waals surface area (Å²) in [7, 11) is 0. The smallest absolute Gasteiger partial charge is 0.303 e. The Morgan fingerprint density at radius 3 is 2.95 bits per heavy atom. The second kappa shape index (κ2) is 5.01. The first-order valence-corrected chi connectivity index (χ1v) is 7.62. The predicted molar refractivity (Wildman–Crippen MR) is 79.2 cm³/mol. The number of hydrogen-bond donors (Lipinski definition) is 2. The number of aliphatic carboxylic acids is 1. The summed E-state index contributed by atoms with van der Waals surface area (Å²) in [6, 6.07) is 0. The maximum absolute atomic E-state index is 11.0. The topological polar surface area (TPSA) is 75.1 Å². The van der Waals surface area contributed by atoms with Crippen LogP contribution in [0.4, 0.5) is 5.82 Å². The molecule has 2 aromatic rings. The molecule has 5 nitrogen and oxygen atoms in total. The zero-order chi connectivity index (χ0) is 14.2. The fraction of sp³-hybridized carbons (Fsp3) is 0.500. The summed E-state index contributed by atoms with van der Waals surface area (Å²) in [6.07, 6.45) is 4.87. The fourth-order valence-electron chi connectivity index (χ4n) is 2.78. The van der Waals surface area contributed by atoms with Crippen LogP contribution < -0.4 is 5.32 Å². The standard InChI is InChI=1S/C14H17N3O2S/c1-9-6-20-12-11(9)16-8-17-13(12)15-7-14(3-2-4-14)5-10(18)19/h6,8H,2-5,7H2,1H3,(H,18,19)(H,15,16,17). The Kier molecular flexibility index (Phi) is 3.33. The predicted octanol–water partition coefficient (Wildman–Crippen LogP) is 3.06. The number of anilines is 1. The molecule has 3 rings (SSSR count). The van der Waals surface area contributed by atoms with Crippen molar-refractivity contribution in [1.29, 1.82) is 0 Å². The first-order valence-electron chi connectivity index (χ1n) is 6.74. The molecule has 0 radical (unpaired) electrons. The minimum absolute atomic E-state index is 0.102. The van der Waals surface area contributed by atoms with Gasteiger partial charge >= 0.3 is 5.97 Å². The molecule has 1 aliphatic rings. The molecule has 0 spiro atoms. The Morgan fingerprint density at radius 1 is 1.50 bits per heavy atom. The van der Waals surface area contributed by atoms with Gasteiger partial charge < -0.3 is 10.4 Å². The van der Waals surface area contributed by atoms with Crippen molar-refractivity contribution in [2.45, 2.75) is 32.6 Å². The summed E-state index contributed by atoms with van der Waals surface area (Å²) in [5.41, 5.74) is 2.03. The van der Waals surface area contributed by atoms with Gasteiger partial charge in [0, 0.05) is 6.54 Å². The number of rotatable bonds is 5. The number of hydrogen-bond acceptors (Lipinski definition) is 5. The summed E-state index contributed by atoms with van der Waals surface area (Å²) in [5.74, 6) is 0.107. The van der Waals surface area contributed by atoms with Gasteiger partial charge in [0.2, 0.25) is 0 Å². The third kappa shape index (κ3) is 2.35. The van der Waals surface area contributed by atoms with Crippen molar-refractivity contribution in [3.8, 4) is 0 Å². The third-order valence-corrected chi connectivity index (χ3v) is 5.20. The number of carbonyl (C=O) groups is 1. The largest absolute Gasteiger partial charge is 0.481 e. The highest BCUT2D eigenvalue weighted by atomic mass is 32.1. The van der Waals surface area contributed by atoms with Crippen molar-refractivity contribution < 1.29 is 9.90 Å². The minimum Gasteiger partial charge on any atom is -0.481 e. The molecular formula is C14H17N3O2S. The van der Waals surface area contributed by atoms with E-state index in [0.29, 0.717) is 6.54 Å². The van der Waals surface area contributed by atoms with Gasteiger partial charge in [-0.1, -0.05) is 6.42 Å². The molecule has 0 atom stereocenters. The number of fused-ring (bicyclic) bond motifs is 1. The zero-order valence-corrected chi connectivity index (χ0v) is 12.2. The van der Waals surface area contributed by atoms with Crippen LogP contribution in [-0.2, 0) is 4.79 Å². The van der Waals surface area contributed by atoms with E-state index in [-0.39, 0.29) is 11.8 Å². The quantitative estimate of drug-likeness (QED) is 0.885. The van der Waals surface area contributed by atoms with Gasteiger partial charge in [0.05, 0.1) is 16.6 Å². The Hall–Kier alpha value is -1.69. The van der Waals surface area contributed by atoms with Crippen LogP contribution in [0.2, 0.25) is 0 Å². The fourth-order valence-corrected chi connectivity index (χ4v) is 3.75. The van der Waals surface area contributed by atoms with E-state index in [4.69, 9.17) is 5.11 Å². The summed E-state index contributed by atoms with van der Waals surface area (Å²) in [6.45, 7) is 2.70. The van der Waals surface area contributed by atoms with E-state index in [1.54, 1.807) is 17.7 Å². The molecular weight excluding hydrogens is 274 g/mol. The molecule has 2 aromatic heterocycles.